The molecule has 7 heteroatoms. The molecule has 0 saturated heterocycles. The number of aromatic nitrogens is 2. The normalized spacial score (nSPS) is 10.5. The average Bonchev–Trinajstić information content (AvgIpc) is 2.94. The number of anilines is 1. The number of ether oxygens (including phenoxy) is 2. The smallest absolute Gasteiger partial charge is 0.414 e. The van der Waals surface area contributed by atoms with Gasteiger partial charge in [0, 0.05) is 6.07 Å². The SMILES string of the molecule is COc1ccc2nc(NC(=O)OCc3cccc(F)c3)[nH]c2c1. The Bertz CT molecular complexity index is 847. The number of hydrogen-bond acceptors (Lipinski definition) is 4. The van der Waals surface area contributed by atoms with E-state index < -0.39 is 6.09 Å². The quantitative estimate of drug-likeness (QED) is 0.773. The first-order valence-corrected chi connectivity index (χ1v) is 6.86. The predicted octanol–water partition coefficient (Wildman–Crippen LogP) is 3.46. The molecule has 6 nitrogen and oxygen atoms in total. The van der Waals surface area contributed by atoms with Crippen molar-refractivity contribution in [2.75, 3.05) is 12.4 Å². The minimum atomic E-state index is -0.680. The maximum Gasteiger partial charge on any atom is 0.414 e. The van der Waals surface area contributed by atoms with Crippen LogP contribution in [-0.4, -0.2) is 23.2 Å². The van der Waals surface area contributed by atoms with Gasteiger partial charge >= 0.3 is 6.09 Å². The third kappa shape index (κ3) is 3.57. The molecule has 0 bridgehead atoms. The van der Waals surface area contributed by atoms with E-state index >= 15 is 0 Å². The van der Waals surface area contributed by atoms with Crippen LogP contribution in [0.2, 0.25) is 0 Å². The molecule has 0 radical (unpaired) electrons. The molecule has 0 saturated carbocycles. The summed E-state index contributed by atoms with van der Waals surface area (Å²) in [5, 5.41) is 2.49. The number of carbonyl (C=O) groups excluding carboxylic acids is 1. The van der Waals surface area contributed by atoms with Crippen LogP contribution >= 0.6 is 0 Å². The molecule has 3 rings (SSSR count). The number of H-pyrrole nitrogens is 1. The van der Waals surface area contributed by atoms with Crippen molar-refractivity contribution in [3.63, 3.8) is 0 Å². The second-order valence-electron chi connectivity index (χ2n) is 4.80. The number of hydrogen-bond donors (Lipinski definition) is 2. The van der Waals surface area contributed by atoms with E-state index in [4.69, 9.17) is 9.47 Å². The summed E-state index contributed by atoms with van der Waals surface area (Å²) in [6, 6.07) is 11.2. The number of methoxy groups -OCH3 is 1. The summed E-state index contributed by atoms with van der Waals surface area (Å²) in [5.41, 5.74) is 1.98. The third-order valence-electron chi connectivity index (χ3n) is 3.17. The van der Waals surface area contributed by atoms with E-state index in [-0.39, 0.29) is 18.4 Å². The van der Waals surface area contributed by atoms with Crippen LogP contribution in [0.1, 0.15) is 5.56 Å². The van der Waals surface area contributed by atoms with Crippen LogP contribution in [0.3, 0.4) is 0 Å². The Hall–Kier alpha value is -3.09. The van der Waals surface area contributed by atoms with Crippen molar-refractivity contribution in [1.29, 1.82) is 0 Å². The van der Waals surface area contributed by atoms with Gasteiger partial charge in [-0.25, -0.2) is 14.2 Å². The number of amides is 1. The first-order valence-electron chi connectivity index (χ1n) is 6.86. The molecule has 0 spiro atoms. The van der Waals surface area contributed by atoms with Crippen molar-refractivity contribution in [3.05, 3.63) is 53.8 Å². The van der Waals surface area contributed by atoms with Gasteiger partial charge in [-0.3, -0.25) is 5.32 Å². The number of fused-ring (bicyclic) bond motifs is 1. The Morgan fingerprint density at radius 3 is 2.96 bits per heavy atom. The van der Waals surface area contributed by atoms with Gasteiger partial charge in [0.05, 0.1) is 18.1 Å². The van der Waals surface area contributed by atoms with Gasteiger partial charge in [0.25, 0.3) is 0 Å². The van der Waals surface area contributed by atoms with E-state index in [1.807, 2.05) is 0 Å². The van der Waals surface area contributed by atoms with Crippen molar-refractivity contribution < 1.29 is 18.7 Å². The standard InChI is InChI=1S/C16H14FN3O3/c1-22-12-5-6-13-14(8-12)19-15(18-13)20-16(21)23-9-10-3-2-4-11(17)7-10/h2-8H,9H2,1H3,(H2,18,19,20,21). The second kappa shape index (κ2) is 6.35. The fraction of sp³-hybridized carbons (Fsp3) is 0.125. The van der Waals surface area contributed by atoms with Gasteiger partial charge < -0.3 is 14.5 Å². The molecule has 23 heavy (non-hydrogen) atoms. The average molecular weight is 315 g/mol. The highest BCUT2D eigenvalue weighted by atomic mass is 19.1. The van der Waals surface area contributed by atoms with E-state index in [9.17, 15) is 9.18 Å². The summed E-state index contributed by atoms with van der Waals surface area (Å²) in [6.07, 6.45) is -0.680. The number of carbonyl (C=O) groups is 1. The summed E-state index contributed by atoms with van der Waals surface area (Å²) in [5.74, 6) is 0.566. The zero-order chi connectivity index (χ0) is 16.2. The Morgan fingerprint density at radius 1 is 1.30 bits per heavy atom. The van der Waals surface area contributed by atoms with Crippen molar-refractivity contribution in [1.82, 2.24) is 9.97 Å². The van der Waals surface area contributed by atoms with E-state index in [1.54, 1.807) is 37.4 Å². The van der Waals surface area contributed by atoms with Crippen molar-refractivity contribution >= 4 is 23.1 Å². The highest BCUT2D eigenvalue weighted by Crippen LogP contribution is 2.20. The molecule has 1 heterocycles. The molecule has 2 aromatic carbocycles. The van der Waals surface area contributed by atoms with Gasteiger partial charge in [0.2, 0.25) is 5.95 Å². The molecular weight excluding hydrogens is 301 g/mol. The number of benzene rings is 2. The Morgan fingerprint density at radius 2 is 2.17 bits per heavy atom. The monoisotopic (exact) mass is 315 g/mol. The Labute approximate surface area is 131 Å². The molecule has 0 atom stereocenters. The number of nitrogens with one attached hydrogen (secondary N) is 2. The lowest BCUT2D eigenvalue weighted by atomic mass is 10.2. The van der Waals surface area contributed by atoms with Gasteiger partial charge in [-0.2, -0.15) is 0 Å². The van der Waals surface area contributed by atoms with Gasteiger partial charge in [-0.1, -0.05) is 12.1 Å². The van der Waals surface area contributed by atoms with Gasteiger partial charge in [-0.05, 0) is 29.8 Å². The fourth-order valence-electron chi connectivity index (χ4n) is 2.08. The molecule has 0 fully saturated rings. The molecule has 2 N–H and O–H groups in total. The van der Waals surface area contributed by atoms with Crippen LogP contribution in [0.25, 0.3) is 11.0 Å². The lowest BCUT2D eigenvalue weighted by Crippen LogP contribution is -2.14. The summed E-state index contributed by atoms with van der Waals surface area (Å²) < 4.78 is 23.2. The van der Waals surface area contributed by atoms with Gasteiger partial charge in [0.15, 0.2) is 0 Å². The van der Waals surface area contributed by atoms with Gasteiger partial charge in [-0.15, -0.1) is 0 Å². The molecule has 0 aliphatic rings. The lowest BCUT2D eigenvalue weighted by molar-refractivity contribution is 0.155. The molecule has 0 aliphatic heterocycles. The van der Waals surface area contributed by atoms with Crippen LogP contribution in [-0.2, 0) is 11.3 Å². The number of nitrogens with zero attached hydrogens (tertiary/aromatic N) is 1. The van der Waals surface area contributed by atoms with Gasteiger partial charge in [0.1, 0.15) is 18.2 Å². The zero-order valence-electron chi connectivity index (χ0n) is 12.3. The van der Waals surface area contributed by atoms with E-state index in [0.29, 0.717) is 16.8 Å². The lowest BCUT2D eigenvalue weighted by Gasteiger charge is -2.05. The maximum atomic E-state index is 13.0. The topological polar surface area (TPSA) is 76.2 Å². The minimum absolute atomic E-state index is 0.0301. The van der Waals surface area contributed by atoms with Crippen LogP contribution in [0.4, 0.5) is 15.1 Å². The number of aromatic amines is 1. The zero-order valence-corrected chi connectivity index (χ0v) is 12.3. The first kappa shape index (κ1) is 14.8. The Balaban J connectivity index is 1.63. The molecule has 0 unspecified atom stereocenters. The summed E-state index contributed by atoms with van der Waals surface area (Å²) >= 11 is 0. The van der Waals surface area contributed by atoms with Crippen molar-refractivity contribution in [3.8, 4) is 5.75 Å². The highest BCUT2D eigenvalue weighted by Gasteiger charge is 2.09. The molecule has 1 amide bonds. The maximum absolute atomic E-state index is 13.0. The summed E-state index contributed by atoms with van der Waals surface area (Å²) in [7, 11) is 1.57. The highest BCUT2D eigenvalue weighted by molar-refractivity contribution is 5.86. The predicted molar refractivity (Wildman–Crippen MR) is 82.9 cm³/mol. The third-order valence-corrected chi connectivity index (χ3v) is 3.17. The van der Waals surface area contributed by atoms with E-state index in [1.165, 1.54) is 12.1 Å². The summed E-state index contributed by atoms with van der Waals surface area (Å²) in [4.78, 5) is 18.9. The van der Waals surface area contributed by atoms with Crippen molar-refractivity contribution in [2.24, 2.45) is 0 Å². The van der Waals surface area contributed by atoms with E-state index in [2.05, 4.69) is 15.3 Å². The number of imidazole rings is 1. The van der Waals surface area contributed by atoms with Crippen LogP contribution in [0.5, 0.6) is 5.75 Å². The number of rotatable bonds is 4. The van der Waals surface area contributed by atoms with Crippen LogP contribution < -0.4 is 10.1 Å². The molecular formula is C16H14FN3O3. The van der Waals surface area contributed by atoms with Crippen molar-refractivity contribution in [2.45, 2.75) is 6.61 Å². The van der Waals surface area contributed by atoms with Crippen LogP contribution in [0, 0.1) is 5.82 Å². The van der Waals surface area contributed by atoms with E-state index in [0.717, 1.165) is 5.52 Å². The molecule has 3 aromatic rings. The first-order chi connectivity index (χ1) is 11.1. The Kier molecular flexibility index (Phi) is 4.09. The minimum Gasteiger partial charge on any atom is -0.497 e. The molecule has 1 aromatic heterocycles. The largest absolute Gasteiger partial charge is 0.497 e. The second-order valence-corrected chi connectivity index (χ2v) is 4.80. The summed E-state index contributed by atoms with van der Waals surface area (Å²) in [6.45, 7) is -0.0301. The fourth-order valence-corrected chi connectivity index (χ4v) is 2.08. The van der Waals surface area contributed by atoms with Crippen LogP contribution in [0.15, 0.2) is 42.5 Å². The molecule has 0 aliphatic carbocycles. The molecule has 118 valence electrons. The number of halogens is 1.